The van der Waals surface area contributed by atoms with Crippen molar-refractivity contribution in [3.8, 4) is 11.3 Å². The molecule has 5 rings (SSSR count). The van der Waals surface area contributed by atoms with Crippen LogP contribution in [0.1, 0.15) is 17.5 Å². The summed E-state index contributed by atoms with van der Waals surface area (Å²) in [5, 5.41) is 5.17. The minimum atomic E-state index is 0.650. The van der Waals surface area contributed by atoms with Crippen molar-refractivity contribution in [2.75, 3.05) is 0 Å². The van der Waals surface area contributed by atoms with Gasteiger partial charge in [-0.2, -0.15) is 0 Å². The van der Waals surface area contributed by atoms with Crippen molar-refractivity contribution in [2.45, 2.75) is 19.3 Å². The van der Waals surface area contributed by atoms with Gasteiger partial charge in [0.1, 0.15) is 0 Å². The third-order valence-corrected chi connectivity index (χ3v) is 5.68. The van der Waals surface area contributed by atoms with Crippen molar-refractivity contribution in [3.63, 3.8) is 0 Å². The highest BCUT2D eigenvalue weighted by atomic mass is 35.5. The number of rotatable bonds is 1. The summed E-state index contributed by atoms with van der Waals surface area (Å²) in [6.45, 7) is 0. The zero-order valence-electron chi connectivity index (χ0n) is 13.5. The molecule has 1 heterocycles. The predicted molar refractivity (Wildman–Crippen MR) is 107 cm³/mol. The highest BCUT2D eigenvalue weighted by molar-refractivity contribution is 6.36. The van der Waals surface area contributed by atoms with Gasteiger partial charge in [0.25, 0.3) is 0 Å². The van der Waals surface area contributed by atoms with E-state index in [0.29, 0.717) is 10.0 Å². The van der Waals surface area contributed by atoms with E-state index in [2.05, 4.69) is 36.4 Å². The average molecular weight is 364 g/mol. The molecule has 0 spiro atoms. The fourth-order valence-corrected chi connectivity index (χ4v) is 4.54. The summed E-state index contributed by atoms with van der Waals surface area (Å²) < 4.78 is 0. The molecular formula is C22H15Cl2N. The lowest BCUT2D eigenvalue weighted by molar-refractivity contribution is 0.913. The fraction of sp³-hybridized carbons (Fsp3) is 0.136. The van der Waals surface area contributed by atoms with Gasteiger partial charge in [0.2, 0.25) is 0 Å². The molecule has 0 N–H and O–H groups in total. The van der Waals surface area contributed by atoms with E-state index in [1.54, 1.807) is 6.07 Å². The molecule has 1 nitrogen and oxygen atoms in total. The molecule has 0 atom stereocenters. The second-order valence-electron chi connectivity index (χ2n) is 6.58. The molecule has 1 aliphatic carbocycles. The highest BCUT2D eigenvalue weighted by Gasteiger charge is 2.22. The first-order valence-corrected chi connectivity index (χ1v) is 9.26. The summed E-state index contributed by atoms with van der Waals surface area (Å²) in [5.41, 5.74) is 5.80. The summed E-state index contributed by atoms with van der Waals surface area (Å²) in [6, 6.07) is 18.5. The van der Waals surface area contributed by atoms with Crippen LogP contribution in [-0.4, -0.2) is 4.98 Å². The van der Waals surface area contributed by atoms with Crippen molar-refractivity contribution < 1.29 is 0 Å². The van der Waals surface area contributed by atoms with Crippen LogP contribution < -0.4 is 0 Å². The van der Waals surface area contributed by atoms with Gasteiger partial charge in [0, 0.05) is 16.0 Å². The molecule has 0 radical (unpaired) electrons. The molecule has 4 aromatic rings. The van der Waals surface area contributed by atoms with Gasteiger partial charge < -0.3 is 0 Å². The van der Waals surface area contributed by atoms with Crippen LogP contribution in [0.5, 0.6) is 0 Å². The smallest absolute Gasteiger partial charge is 0.0759 e. The first-order valence-electron chi connectivity index (χ1n) is 8.51. The van der Waals surface area contributed by atoms with Crippen LogP contribution in [0.25, 0.3) is 32.9 Å². The van der Waals surface area contributed by atoms with Crippen molar-refractivity contribution in [1.29, 1.82) is 0 Å². The molecule has 0 fully saturated rings. The van der Waals surface area contributed by atoms with Crippen LogP contribution in [-0.2, 0) is 12.8 Å². The normalized spacial score (nSPS) is 13.5. The topological polar surface area (TPSA) is 12.9 Å². The number of hydrogen-bond donors (Lipinski definition) is 0. The van der Waals surface area contributed by atoms with E-state index in [-0.39, 0.29) is 0 Å². The number of halogens is 2. The second-order valence-corrected chi connectivity index (χ2v) is 7.42. The van der Waals surface area contributed by atoms with E-state index >= 15 is 0 Å². The molecule has 0 aliphatic heterocycles. The fourth-order valence-electron chi connectivity index (χ4n) is 4.04. The van der Waals surface area contributed by atoms with Gasteiger partial charge in [-0.15, -0.1) is 0 Å². The van der Waals surface area contributed by atoms with Crippen LogP contribution in [0, 0.1) is 0 Å². The lowest BCUT2D eigenvalue weighted by Gasteiger charge is -2.14. The van der Waals surface area contributed by atoms with Crippen LogP contribution in [0.15, 0.2) is 54.6 Å². The van der Waals surface area contributed by atoms with Gasteiger partial charge in [0.15, 0.2) is 0 Å². The van der Waals surface area contributed by atoms with Crippen molar-refractivity contribution in [1.82, 2.24) is 4.98 Å². The van der Waals surface area contributed by atoms with Crippen LogP contribution in [0.3, 0.4) is 0 Å². The number of hydrogen-bond acceptors (Lipinski definition) is 1. The minimum Gasteiger partial charge on any atom is -0.247 e. The Labute approximate surface area is 156 Å². The first kappa shape index (κ1) is 15.2. The van der Waals surface area contributed by atoms with E-state index < -0.39 is 0 Å². The molecule has 1 aromatic heterocycles. The Balaban J connectivity index is 1.89. The van der Waals surface area contributed by atoms with Crippen molar-refractivity contribution in [2.24, 2.45) is 0 Å². The number of aromatic nitrogens is 1. The van der Waals surface area contributed by atoms with Crippen LogP contribution >= 0.6 is 23.2 Å². The summed E-state index contributed by atoms with van der Waals surface area (Å²) >= 11 is 12.6. The Kier molecular flexibility index (Phi) is 3.48. The number of pyridine rings is 1. The Bertz CT molecular complexity index is 1150. The SMILES string of the molecule is Clc1ccc(-c2nc3ccc4ccccc4c3c3c2CCC3)c(Cl)c1. The summed E-state index contributed by atoms with van der Waals surface area (Å²) in [4.78, 5) is 5.03. The summed E-state index contributed by atoms with van der Waals surface area (Å²) in [5.74, 6) is 0. The number of fused-ring (bicyclic) bond motifs is 5. The maximum absolute atomic E-state index is 6.49. The van der Waals surface area contributed by atoms with Crippen LogP contribution in [0.4, 0.5) is 0 Å². The first-order chi connectivity index (χ1) is 12.2. The number of aryl methyl sites for hydroxylation is 1. The summed E-state index contributed by atoms with van der Waals surface area (Å²) in [6.07, 6.45) is 3.31. The lowest BCUT2D eigenvalue weighted by Crippen LogP contribution is -1.97. The standard InChI is InChI=1S/C22H15Cl2N/c23-14-9-10-18(19(24)12-14)22-17-7-3-6-16(17)21-15-5-2-1-4-13(15)8-11-20(21)25-22/h1-2,4-5,8-12H,3,6-7H2. The average Bonchev–Trinajstić information content (AvgIpc) is 3.10. The lowest BCUT2D eigenvalue weighted by atomic mass is 9.95. The van der Waals surface area contributed by atoms with E-state index in [1.165, 1.54) is 27.3 Å². The molecule has 0 bridgehead atoms. The molecule has 0 saturated carbocycles. The molecule has 0 unspecified atom stereocenters. The third kappa shape index (κ3) is 2.34. The van der Waals surface area contributed by atoms with E-state index in [9.17, 15) is 0 Å². The van der Waals surface area contributed by atoms with E-state index in [4.69, 9.17) is 28.2 Å². The summed E-state index contributed by atoms with van der Waals surface area (Å²) in [7, 11) is 0. The van der Waals surface area contributed by atoms with Crippen LogP contribution in [0.2, 0.25) is 10.0 Å². The zero-order chi connectivity index (χ0) is 17.0. The Hall–Kier alpha value is -2.09. The van der Waals surface area contributed by atoms with Crippen molar-refractivity contribution >= 4 is 44.9 Å². The monoisotopic (exact) mass is 363 g/mol. The zero-order valence-corrected chi connectivity index (χ0v) is 15.0. The van der Waals surface area contributed by atoms with E-state index in [0.717, 1.165) is 36.0 Å². The Morgan fingerprint density at radius 1 is 0.840 bits per heavy atom. The maximum atomic E-state index is 6.49. The Morgan fingerprint density at radius 2 is 1.68 bits per heavy atom. The molecule has 3 aromatic carbocycles. The van der Waals surface area contributed by atoms with Gasteiger partial charge in [-0.1, -0.05) is 53.5 Å². The molecule has 25 heavy (non-hydrogen) atoms. The predicted octanol–water partition coefficient (Wildman–Crippen LogP) is 6.85. The molecular weight excluding hydrogens is 349 g/mol. The van der Waals surface area contributed by atoms with Gasteiger partial charge in [0.05, 0.1) is 16.2 Å². The van der Waals surface area contributed by atoms with Gasteiger partial charge >= 0.3 is 0 Å². The second kappa shape index (κ2) is 5.72. The minimum absolute atomic E-state index is 0.650. The van der Waals surface area contributed by atoms with Gasteiger partial charge in [-0.05, 0) is 65.4 Å². The molecule has 0 saturated heterocycles. The molecule has 3 heteroatoms. The van der Waals surface area contributed by atoms with E-state index in [1.807, 2.05) is 12.1 Å². The molecule has 122 valence electrons. The molecule has 0 amide bonds. The number of benzene rings is 3. The highest BCUT2D eigenvalue weighted by Crippen LogP contribution is 2.40. The largest absolute Gasteiger partial charge is 0.247 e. The quantitative estimate of drug-likeness (QED) is 0.337. The number of nitrogens with zero attached hydrogens (tertiary/aromatic N) is 1. The molecule has 1 aliphatic rings. The van der Waals surface area contributed by atoms with Crippen molar-refractivity contribution in [3.05, 3.63) is 75.8 Å². The van der Waals surface area contributed by atoms with Gasteiger partial charge in [-0.3, -0.25) is 0 Å². The Morgan fingerprint density at radius 3 is 2.56 bits per heavy atom. The third-order valence-electron chi connectivity index (χ3n) is 5.13. The van der Waals surface area contributed by atoms with Gasteiger partial charge in [-0.25, -0.2) is 4.98 Å². The maximum Gasteiger partial charge on any atom is 0.0759 e.